The van der Waals surface area contributed by atoms with Crippen LogP contribution in [0.4, 0.5) is 0 Å². The standard InChI is InChI=1S/C11H8Cl2N2S/c1-7-6-15-10(13)5-9(7)16-11-8(12)3-2-4-14-11/h2-6H,1H3. The first-order chi connectivity index (χ1) is 7.66. The van der Waals surface area contributed by atoms with Crippen molar-refractivity contribution in [3.63, 3.8) is 0 Å². The summed E-state index contributed by atoms with van der Waals surface area (Å²) in [7, 11) is 0. The molecule has 2 aromatic heterocycles. The van der Waals surface area contributed by atoms with Gasteiger partial charge in [-0.2, -0.15) is 0 Å². The Labute approximate surface area is 108 Å². The molecular weight excluding hydrogens is 263 g/mol. The first-order valence-electron chi connectivity index (χ1n) is 4.57. The summed E-state index contributed by atoms with van der Waals surface area (Å²) in [5, 5.41) is 1.88. The number of pyridine rings is 2. The average molecular weight is 271 g/mol. The van der Waals surface area contributed by atoms with Crippen molar-refractivity contribution >= 4 is 35.0 Å². The van der Waals surface area contributed by atoms with E-state index in [0.29, 0.717) is 10.2 Å². The fourth-order valence-corrected chi connectivity index (χ4v) is 2.47. The largest absolute Gasteiger partial charge is 0.248 e. The third-order valence-corrected chi connectivity index (χ3v) is 3.75. The van der Waals surface area contributed by atoms with E-state index >= 15 is 0 Å². The number of halogens is 2. The molecule has 2 aromatic rings. The zero-order chi connectivity index (χ0) is 11.5. The SMILES string of the molecule is Cc1cnc(Cl)cc1Sc1ncccc1Cl. The van der Waals surface area contributed by atoms with Gasteiger partial charge in [-0.3, -0.25) is 0 Å². The van der Waals surface area contributed by atoms with Crippen LogP contribution in [-0.4, -0.2) is 9.97 Å². The van der Waals surface area contributed by atoms with Gasteiger partial charge >= 0.3 is 0 Å². The van der Waals surface area contributed by atoms with Gasteiger partial charge in [0.05, 0.1) is 5.02 Å². The number of nitrogens with zero attached hydrogens (tertiary/aromatic N) is 2. The lowest BCUT2D eigenvalue weighted by atomic mass is 10.3. The predicted octanol–water partition coefficient (Wildman–Crippen LogP) is 4.24. The minimum Gasteiger partial charge on any atom is -0.248 e. The van der Waals surface area contributed by atoms with Crippen LogP contribution in [0.2, 0.25) is 10.2 Å². The van der Waals surface area contributed by atoms with Gasteiger partial charge in [0.15, 0.2) is 0 Å². The summed E-state index contributed by atoms with van der Waals surface area (Å²) in [5.41, 5.74) is 1.05. The Hall–Kier alpha value is -0.770. The molecule has 16 heavy (non-hydrogen) atoms. The molecule has 0 spiro atoms. The lowest BCUT2D eigenvalue weighted by molar-refractivity contribution is 1.12. The molecule has 0 aliphatic heterocycles. The van der Waals surface area contributed by atoms with Crippen molar-refractivity contribution in [2.24, 2.45) is 0 Å². The number of aryl methyl sites for hydroxylation is 1. The molecule has 2 nitrogen and oxygen atoms in total. The number of hydrogen-bond donors (Lipinski definition) is 0. The van der Waals surface area contributed by atoms with E-state index in [2.05, 4.69) is 9.97 Å². The zero-order valence-corrected chi connectivity index (χ0v) is 10.8. The fraction of sp³-hybridized carbons (Fsp3) is 0.0909. The highest BCUT2D eigenvalue weighted by Crippen LogP contribution is 2.33. The Morgan fingerprint density at radius 2 is 2.06 bits per heavy atom. The lowest BCUT2D eigenvalue weighted by Crippen LogP contribution is -1.85. The Morgan fingerprint density at radius 1 is 1.25 bits per heavy atom. The van der Waals surface area contributed by atoms with E-state index in [9.17, 15) is 0 Å². The monoisotopic (exact) mass is 270 g/mol. The van der Waals surface area contributed by atoms with Crippen LogP contribution < -0.4 is 0 Å². The first-order valence-corrected chi connectivity index (χ1v) is 6.14. The first kappa shape index (κ1) is 11.7. The van der Waals surface area contributed by atoms with Crippen molar-refractivity contribution < 1.29 is 0 Å². The van der Waals surface area contributed by atoms with Gasteiger partial charge in [-0.05, 0) is 30.7 Å². The zero-order valence-electron chi connectivity index (χ0n) is 8.45. The molecule has 0 aliphatic carbocycles. The second-order valence-electron chi connectivity index (χ2n) is 3.16. The second kappa shape index (κ2) is 5.04. The third kappa shape index (κ3) is 2.67. The maximum atomic E-state index is 6.03. The van der Waals surface area contributed by atoms with E-state index in [4.69, 9.17) is 23.2 Å². The highest BCUT2D eigenvalue weighted by Gasteiger charge is 2.06. The fourth-order valence-electron chi connectivity index (χ4n) is 1.14. The summed E-state index contributed by atoms with van der Waals surface area (Å²) < 4.78 is 0. The minimum absolute atomic E-state index is 0.472. The van der Waals surface area contributed by atoms with Crippen molar-refractivity contribution in [2.45, 2.75) is 16.8 Å². The smallest absolute Gasteiger partial charge is 0.130 e. The van der Waals surface area contributed by atoms with Crippen LogP contribution in [0.3, 0.4) is 0 Å². The second-order valence-corrected chi connectivity index (χ2v) is 4.99. The Kier molecular flexibility index (Phi) is 3.69. The van der Waals surface area contributed by atoms with Gasteiger partial charge in [-0.1, -0.05) is 35.0 Å². The van der Waals surface area contributed by atoms with E-state index < -0.39 is 0 Å². The van der Waals surface area contributed by atoms with Crippen molar-refractivity contribution in [2.75, 3.05) is 0 Å². The molecule has 2 heterocycles. The van der Waals surface area contributed by atoms with E-state index in [1.807, 2.05) is 19.1 Å². The molecule has 0 aliphatic rings. The van der Waals surface area contributed by atoms with Gasteiger partial charge in [0.25, 0.3) is 0 Å². The molecule has 0 fully saturated rings. The molecule has 0 atom stereocenters. The molecular formula is C11H8Cl2N2S. The number of aromatic nitrogens is 2. The third-order valence-electron chi connectivity index (χ3n) is 1.95. The van der Waals surface area contributed by atoms with Crippen molar-refractivity contribution in [1.29, 1.82) is 0 Å². The van der Waals surface area contributed by atoms with Crippen LogP contribution in [-0.2, 0) is 0 Å². The highest BCUT2D eigenvalue weighted by molar-refractivity contribution is 7.99. The van der Waals surface area contributed by atoms with E-state index in [0.717, 1.165) is 15.5 Å². The van der Waals surface area contributed by atoms with Crippen LogP contribution in [0.15, 0.2) is 40.5 Å². The summed E-state index contributed by atoms with van der Waals surface area (Å²) >= 11 is 13.4. The summed E-state index contributed by atoms with van der Waals surface area (Å²) in [6, 6.07) is 5.43. The van der Waals surface area contributed by atoms with Gasteiger partial charge in [0.1, 0.15) is 10.2 Å². The van der Waals surface area contributed by atoms with Gasteiger partial charge in [0.2, 0.25) is 0 Å². The minimum atomic E-state index is 0.472. The molecule has 0 amide bonds. The molecule has 0 bridgehead atoms. The maximum absolute atomic E-state index is 6.03. The molecule has 2 rings (SSSR count). The Morgan fingerprint density at radius 3 is 2.81 bits per heavy atom. The molecule has 0 N–H and O–H groups in total. The van der Waals surface area contributed by atoms with E-state index in [-0.39, 0.29) is 0 Å². The van der Waals surface area contributed by atoms with E-state index in [1.165, 1.54) is 11.8 Å². The van der Waals surface area contributed by atoms with Crippen LogP contribution in [0.5, 0.6) is 0 Å². The van der Waals surface area contributed by atoms with Crippen molar-refractivity contribution in [3.05, 3.63) is 46.3 Å². The van der Waals surface area contributed by atoms with Crippen LogP contribution >= 0.6 is 35.0 Å². The molecule has 82 valence electrons. The molecule has 0 unspecified atom stereocenters. The molecule has 0 saturated heterocycles. The van der Waals surface area contributed by atoms with E-state index in [1.54, 1.807) is 18.5 Å². The molecule has 0 saturated carbocycles. The van der Waals surface area contributed by atoms with Crippen molar-refractivity contribution in [1.82, 2.24) is 9.97 Å². The molecule has 0 aromatic carbocycles. The number of hydrogen-bond acceptors (Lipinski definition) is 3. The Bertz CT molecular complexity index is 517. The highest BCUT2D eigenvalue weighted by atomic mass is 35.5. The number of rotatable bonds is 2. The van der Waals surface area contributed by atoms with Gasteiger partial charge < -0.3 is 0 Å². The van der Waals surface area contributed by atoms with Gasteiger partial charge in [-0.15, -0.1) is 0 Å². The van der Waals surface area contributed by atoms with Crippen molar-refractivity contribution in [3.8, 4) is 0 Å². The normalized spacial score (nSPS) is 10.4. The van der Waals surface area contributed by atoms with Gasteiger partial charge in [0, 0.05) is 17.3 Å². The predicted molar refractivity (Wildman–Crippen MR) is 67.4 cm³/mol. The van der Waals surface area contributed by atoms with Crippen LogP contribution in [0.25, 0.3) is 0 Å². The Balaban J connectivity index is 2.34. The van der Waals surface area contributed by atoms with Crippen LogP contribution in [0, 0.1) is 6.92 Å². The molecule has 0 radical (unpaired) electrons. The summed E-state index contributed by atoms with van der Waals surface area (Å²) in [4.78, 5) is 9.23. The summed E-state index contributed by atoms with van der Waals surface area (Å²) in [5.74, 6) is 0. The maximum Gasteiger partial charge on any atom is 0.130 e. The van der Waals surface area contributed by atoms with Crippen LogP contribution in [0.1, 0.15) is 5.56 Å². The summed E-state index contributed by atoms with van der Waals surface area (Å²) in [6.45, 7) is 1.97. The average Bonchev–Trinajstić information content (AvgIpc) is 2.27. The topological polar surface area (TPSA) is 25.8 Å². The molecule has 5 heteroatoms. The summed E-state index contributed by atoms with van der Waals surface area (Å²) in [6.07, 6.45) is 3.45. The van der Waals surface area contributed by atoms with Gasteiger partial charge in [-0.25, -0.2) is 9.97 Å². The lowest BCUT2D eigenvalue weighted by Gasteiger charge is -2.05. The quantitative estimate of drug-likeness (QED) is 0.764.